The lowest BCUT2D eigenvalue weighted by Gasteiger charge is -2.11. The van der Waals surface area contributed by atoms with Crippen LogP contribution in [0.4, 0.5) is 0 Å². The van der Waals surface area contributed by atoms with Gasteiger partial charge in [0.05, 0.1) is 7.11 Å². The molecule has 1 N–H and O–H groups in total. The molecule has 0 aromatic heterocycles. The molecular weight excluding hydrogens is 330 g/mol. The molecule has 2 aromatic carbocycles. The Morgan fingerprint density at radius 2 is 1.79 bits per heavy atom. The molecule has 128 valence electrons. The second-order valence-corrected chi connectivity index (χ2v) is 7.00. The number of ether oxygens (including phenoxy) is 2. The van der Waals surface area contributed by atoms with E-state index in [2.05, 4.69) is 4.72 Å². The maximum absolute atomic E-state index is 12.4. The smallest absolute Gasteiger partial charge is 0.326 e. The van der Waals surface area contributed by atoms with Gasteiger partial charge in [-0.05, 0) is 49.2 Å². The molecule has 0 atom stereocenters. The first-order valence-corrected chi connectivity index (χ1v) is 8.72. The number of benzene rings is 2. The molecule has 0 bridgehead atoms. The van der Waals surface area contributed by atoms with E-state index < -0.39 is 22.5 Å². The minimum Gasteiger partial charge on any atom is -0.495 e. The molecule has 0 aliphatic rings. The molecular formula is C17H19NO5S. The zero-order valence-corrected chi connectivity index (χ0v) is 14.5. The Kier molecular flexibility index (Phi) is 5.58. The average Bonchev–Trinajstić information content (AvgIpc) is 2.53. The summed E-state index contributed by atoms with van der Waals surface area (Å²) >= 11 is 0. The average molecular weight is 349 g/mol. The van der Waals surface area contributed by atoms with Gasteiger partial charge in [0.2, 0.25) is 10.0 Å². The summed E-state index contributed by atoms with van der Waals surface area (Å²) in [5.74, 6) is -0.122. The maximum atomic E-state index is 12.4. The molecule has 0 aliphatic heterocycles. The SMILES string of the molecule is COc1ccc(C)cc1S(=O)(=O)NCC(=O)Oc1cccc(C)c1. The topological polar surface area (TPSA) is 81.7 Å². The van der Waals surface area contributed by atoms with Gasteiger partial charge in [0.1, 0.15) is 22.9 Å². The van der Waals surface area contributed by atoms with Crippen LogP contribution in [0.5, 0.6) is 11.5 Å². The number of rotatable bonds is 6. The van der Waals surface area contributed by atoms with Crippen LogP contribution in [0.25, 0.3) is 0 Å². The number of hydrogen-bond donors (Lipinski definition) is 1. The van der Waals surface area contributed by atoms with Gasteiger partial charge >= 0.3 is 5.97 Å². The Hall–Kier alpha value is -2.38. The molecule has 0 saturated carbocycles. The van der Waals surface area contributed by atoms with E-state index in [1.807, 2.05) is 13.0 Å². The van der Waals surface area contributed by atoms with Crippen LogP contribution in [0, 0.1) is 13.8 Å². The Labute approximate surface area is 141 Å². The molecule has 24 heavy (non-hydrogen) atoms. The summed E-state index contributed by atoms with van der Waals surface area (Å²) in [6.07, 6.45) is 0. The maximum Gasteiger partial charge on any atom is 0.326 e. The van der Waals surface area contributed by atoms with E-state index in [1.165, 1.54) is 13.2 Å². The van der Waals surface area contributed by atoms with Crippen molar-refractivity contribution in [1.29, 1.82) is 0 Å². The second-order valence-electron chi connectivity index (χ2n) is 5.27. The van der Waals surface area contributed by atoms with Gasteiger partial charge in [-0.2, -0.15) is 4.72 Å². The fraction of sp³-hybridized carbons (Fsp3) is 0.235. The quantitative estimate of drug-likeness (QED) is 0.639. The lowest BCUT2D eigenvalue weighted by Crippen LogP contribution is -2.32. The van der Waals surface area contributed by atoms with Crippen LogP contribution in [0.15, 0.2) is 47.4 Å². The van der Waals surface area contributed by atoms with E-state index in [-0.39, 0.29) is 10.6 Å². The van der Waals surface area contributed by atoms with Crippen LogP contribution in [0.1, 0.15) is 11.1 Å². The molecule has 0 radical (unpaired) electrons. The Balaban J connectivity index is 2.07. The first-order valence-electron chi connectivity index (χ1n) is 7.23. The number of nitrogens with one attached hydrogen (secondary N) is 1. The number of aryl methyl sites for hydroxylation is 2. The monoisotopic (exact) mass is 349 g/mol. The van der Waals surface area contributed by atoms with Crippen molar-refractivity contribution in [3.63, 3.8) is 0 Å². The van der Waals surface area contributed by atoms with Crippen molar-refractivity contribution in [2.45, 2.75) is 18.7 Å². The zero-order chi connectivity index (χ0) is 17.7. The molecule has 6 nitrogen and oxygen atoms in total. The van der Waals surface area contributed by atoms with E-state index in [0.717, 1.165) is 11.1 Å². The van der Waals surface area contributed by atoms with Crippen LogP contribution in [0.3, 0.4) is 0 Å². The fourth-order valence-corrected chi connectivity index (χ4v) is 3.29. The minimum atomic E-state index is -3.90. The van der Waals surface area contributed by atoms with Gasteiger partial charge in [-0.1, -0.05) is 18.2 Å². The normalized spacial score (nSPS) is 11.1. The van der Waals surface area contributed by atoms with Gasteiger partial charge in [0.15, 0.2) is 0 Å². The molecule has 2 rings (SSSR count). The highest BCUT2D eigenvalue weighted by Gasteiger charge is 2.21. The molecule has 0 heterocycles. The number of hydrogen-bond acceptors (Lipinski definition) is 5. The summed E-state index contributed by atoms with van der Waals surface area (Å²) < 4.78 is 37.2. The molecule has 0 fully saturated rings. The molecule has 0 unspecified atom stereocenters. The van der Waals surface area contributed by atoms with Gasteiger partial charge in [-0.25, -0.2) is 8.42 Å². The highest BCUT2D eigenvalue weighted by Crippen LogP contribution is 2.24. The van der Waals surface area contributed by atoms with Crippen molar-refractivity contribution in [2.24, 2.45) is 0 Å². The third-order valence-corrected chi connectivity index (χ3v) is 4.66. The van der Waals surface area contributed by atoms with E-state index in [4.69, 9.17) is 9.47 Å². The van der Waals surface area contributed by atoms with Crippen LogP contribution < -0.4 is 14.2 Å². The third-order valence-electron chi connectivity index (χ3n) is 3.24. The van der Waals surface area contributed by atoms with Crippen molar-refractivity contribution in [2.75, 3.05) is 13.7 Å². The van der Waals surface area contributed by atoms with Crippen molar-refractivity contribution in [3.05, 3.63) is 53.6 Å². The summed E-state index contributed by atoms with van der Waals surface area (Å²) in [7, 11) is -2.51. The molecule has 0 spiro atoms. The Morgan fingerprint density at radius 1 is 1.08 bits per heavy atom. The summed E-state index contributed by atoms with van der Waals surface area (Å²) in [5, 5.41) is 0. The van der Waals surface area contributed by atoms with E-state index in [0.29, 0.717) is 5.75 Å². The lowest BCUT2D eigenvalue weighted by atomic mass is 10.2. The van der Waals surface area contributed by atoms with Crippen molar-refractivity contribution < 1.29 is 22.7 Å². The predicted octanol–water partition coefficient (Wildman–Crippen LogP) is 2.20. The van der Waals surface area contributed by atoms with Gasteiger partial charge in [-0.15, -0.1) is 0 Å². The highest BCUT2D eigenvalue weighted by atomic mass is 32.2. The number of carbonyl (C=O) groups is 1. The summed E-state index contributed by atoms with van der Waals surface area (Å²) in [6, 6.07) is 11.7. The first-order chi connectivity index (χ1) is 11.3. The van der Waals surface area contributed by atoms with Crippen LogP contribution in [0.2, 0.25) is 0 Å². The van der Waals surface area contributed by atoms with Gasteiger partial charge in [-0.3, -0.25) is 4.79 Å². The molecule has 7 heteroatoms. The van der Waals surface area contributed by atoms with Crippen LogP contribution >= 0.6 is 0 Å². The number of sulfonamides is 1. The van der Waals surface area contributed by atoms with Crippen molar-refractivity contribution in [1.82, 2.24) is 4.72 Å². The molecule has 2 aromatic rings. The highest BCUT2D eigenvalue weighted by molar-refractivity contribution is 7.89. The molecule has 0 aliphatic carbocycles. The summed E-state index contributed by atoms with van der Waals surface area (Å²) in [6.45, 7) is 3.15. The number of esters is 1. The van der Waals surface area contributed by atoms with Crippen molar-refractivity contribution in [3.8, 4) is 11.5 Å². The van der Waals surface area contributed by atoms with E-state index in [1.54, 1.807) is 37.3 Å². The van der Waals surface area contributed by atoms with Gasteiger partial charge < -0.3 is 9.47 Å². The Bertz CT molecular complexity index is 846. The predicted molar refractivity (Wildman–Crippen MR) is 89.7 cm³/mol. The third kappa shape index (κ3) is 4.56. The largest absolute Gasteiger partial charge is 0.495 e. The standard InChI is InChI=1S/C17H19NO5S/c1-12-5-4-6-14(9-12)23-17(19)11-18-24(20,21)16-10-13(2)7-8-15(16)22-3/h4-10,18H,11H2,1-3H3. The van der Waals surface area contributed by atoms with Crippen LogP contribution in [-0.4, -0.2) is 28.0 Å². The summed E-state index contributed by atoms with van der Waals surface area (Å²) in [5.41, 5.74) is 1.70. The van der Waals surface area contributed by atoms with Crippen LogP contribution in [-0.2, 0) is 14.8 Å². The summed E-state index contributed by atoms with van der Waals surface area (Å²) in [4.78, 5) is 11.8. The molecule has 0 amide bonds. The second kappa shape index (κ2) is 7.46. The van der Waals surface area contributed by atoms with E-state index >= 15 is 0 Å². The lowest BCUT2D eigenvalue weighted by molar-refractivity contribution is -0.133. The Morgan fingerprint density at radius 3 is 2.46 bits per heavy atom. The molecule has 0 saturated heterocycles. The number of carbonyl (C=O) groups excluding carboxylic acids is 1. The van der Waals surface area contributed by atoms with Crippen molar-refractivity contribution >= 4 is 16.0 Å². The van der Waals surface area contributed by atoms with E-state index in [9.17, 15) is 13.2 Å². The first kappa shape index (κ1) is 18.0. The van der Waals surface area contributed by atoms with Gasteiger partial charge in [0, 0.05) is 0 Å². The fourth-order valence-electron chi connectivity index (χ4n) is 2.07. The number of methoxy groups -OCH3 is 1. The zero-order valence-electron chi connectivity index (χ0n) is 13.7. The van der Waals surface area contributed by atoms with Gasteiger partial charge in [0.25, 0.3) is 0 Å². The minimum absolute atomic E-state index is 0.0200.